The highest BCUT2D eigenvalue weighted by Crippen LogP contribution is 2.58. The van der Waals surface area contributed by atoms with Crippen LogP contribution in [0.3, 0.4) is 0 Å². The Kier molecular flexibility index (Phi) is 2.89. The number of hydrogen-bond acceptors (Lipinski definition) is 2. The lowest BCUT2D eigenvalue weighted by Gasteiger charge is -2.23. The molecule has 2 aliphatic carbocycles. The first kappa shape index (κ1) is 11.5. The molecule has 3 fully saturated rings. The van der Waals surface area contributed by atoms with Crippen LogP contribution in [-0.4, -0.2) is 25.0 Å². The molecule has 0 aromatic carbocycles. The molecule has 3 heteroatoms. The normalized spacial score (nSPS) is 37.8. The maximum absolute atomic E-state index is 12.1. The molecule has 0 bridgehead atoms. The third-order valence-corrected chi connectivity index (χ3v) is 5.02. The Morgan fingerprint density at radius 2 is 2.18 bits per heavy atom. The summed E-state index contributed by atoms with van der Waals surface area (Å²) in [5, 5.41) is 6.65. The summed E-state index contributed by atoms with van der Waals surface area (Å²) in [6, 6.07) is 0.516. The molecule has 2 N–H and O–H groups in total. The van der Waals surface area contributed by atoms with E-state index in [2.05, 4.69) is 17.6 Å². The third-order valence-electron chi connectivity index (χ3n) is 5.02. The Balaban J connectivity index is 1.46. The minimum Gasteiger partial charge on any atom is -0.353 e. The van der Waals surface area contributed by atoms with Crippen molar-refractivity contribution in [3.05, 3.63) is 0 Å². The molecule has 96 valence electrons. The molecule has 1 heterocycles. The average molecular weight is 236 g/mol. The Morgan fingerprint density at radius 1 is 1.41 bits per heavy atom. The van der Waals surface area contributed by atoms with E-state index in [1.807, 2.05) is 0 Å². The maximum Gasteiger partial charge on any atom is 0.223 e. The SMILES string of the molecule is CCCC1CC1NC(=O)C1CC12CCNCC2. The topological polar surface area (TPSA) is 41.1 Å². The van der Waals surface area contributed by atoms with Gasteiger partial charge in [0.15, 0.2) is 0 Å². The van der Waals surface area contributed by atoms with Crippen molar-refractivity contribution in [2.24, 2.45) is 17.3 Å². The zero-order valence-corrected chi connectivity index (χ0v) is 10.8. The van der Waals surface area contributed by atoms with Gasteiger partial charge >= 0.3 is 0 Å². The molecule has 3 atom stereocenters. The lowest BCUT2D eigenvalue weighted by atomic mass is 9.92. The molecule has 1 spiro atoms. The van der Waals surface area contributed by atoms with Crippen molar-refractivity contribution in [1.29, 1.82) is 0 Å². The highest BCUT2D eigenvalue weighted by molar-refractivity contribution is 5.83. The van der Waals surface area contributed by atoms with Gasteiger partial charge in [-0.15, -0.1) is 0 Å². The lowest BCUT2D eigenvalue weighted by Crippen LogP contribution is -2.34. The monoisotopic (exact) mass is 236 g/mol. The fourth-order valence-electron chi connectivity index (χ4n) is 3.59. The smallest absolute Gasteiger partial charge is 0.223 e. The summed E-state index contributed by atoms with van der Waals surface area (Å²) in [6.45, 7) is 4.43. The zero-order chi connectivity index (χ0) is 11.9. The van der Waals surface area contributed by atoms with Gasteiger partial charge in [-0.1, -0.05) is 13.3 Å². The minimum atomic E-state index is 0.340. The van der Waals surface area contributed by atoms with Crippen molar-refractivity contribution < 1.29 is 4.79 Å². The molecule has 3 rings (SSSR count). The van der Waals surface area contributed by atoms with Gasteiger partial charge in [0.1, 0.15) is 0 Å². The van der Waals surface area contributed by atoms with Gasteiger partial charge in [-0.2, -0.15) is 0 Å². The maximum atomic E-state index is 12.1. The summed E-state index contributed by atoms with van der Waals surface area (Å²) in [6.07, 6.45) is 7.30. The number of nitrogens with one attached hydrogen (secondary N) is 2. The number of carbonyl (C=O) groups excluding carboxylic acids is 1. The molecule has 1 amide bonds. The predicted molar refractivity (Wildman–Crippen MR) is 67.6 cm³/mol. The molecule has 0 radical (unpaired) electrons. The van der Waals surface area contributed by atoms with Crippen LogP contribution in [-0.2, 0) is 4.79 Å². The first-order valence-electron chi connectivity index (χ1n) is 7.26. The molecule has 3 nitrogen and oxygen atoms in total. The molecule has 0 aromatic rings. The van der Waals surface area contributed by atoms with Crippen molar-refractivity contribution in [3.8, 4) is 0 Å². The standard InChI is InChI=1S/C14H24N2O/c1-2-3-10-8-12(10)16-13(17)11-9-14(11)4-6-15-7-5-14/h10-12,15H,2-9H2,1H3,(H,16,17). The van der Waals surface area contributed by atoms with Gasteiger partial charge in [0, 0.05) is 12.0 Å². The second-order valence-corrected chi connectivity index (χ2v) is 6.27. The molecule has 3 aliphatic rings. The van der Waals surface area contributed by atoms with Crippen molar-refractivity contribution in [2.75, 3.05) is 13.1 Å². The molecule has 2 saturated carbocycles. The van der Waals surface area contributed by atoms with Gasteiger partial charge < -0.3 is 10.6 Å². The van der Waals surface area contributed by atoms with Crippen molar-refractivity contribution in [3.63, 3.8) is 0 Å². The first-order valence-corrected chi connectivity index (χ1v) is 7.26. The largest absolute Gasteiger partial charge is 0.353 e. The second kappa shape index (κ2) is 4.27. The minimum absolute atomic E-state index is 0.340. The van der Waals surface area contributed by atoms with Crippen LogP contribution in [0.1, 0.15) is 45.4 Å². The third kappa shape index (κ3) is 2.22. The molecule has 1 aliphatic heterocycles. The number of piperidine rings is 1. The lowest BCUT2D eigenvalue weighted by molar-refractivity contribution is -0.123. The Hall–Kier alpha value is -0.570. The summed E-state index contributed by atoms with van der Waals surface area (Å²) < 4.78 is 0. The van der Waals surface area contributed by atoms with Gasteiger partial charge in [-0.3, -0.25) is 4.79 Å². The van der Waals surface area contributed by atoms with Crippen LogP contribution in [0.2, 0.25) is 0 Å². The summed E-state index contributed by atoms with van der Waals surface area (Å²) in [4.78, 5) is 12.1. The quantitative estimate of drug-likeness (QED) is 0.780. The predicted octanol–water partition coefficient (Wildman–Crippen LogP) is 1.68. The van der Waals surface area contributed by atoms with Gasteiger partial charge in [-0.05, 0) is 56.5 Å². The van der Waals surface area contributed by atoms with Crippen LogP contribution in [0, 0.1) is 17.3 Å². The Labute approximate surface area is 104 Å². The van der Waals surface area contributed by atoms with Crippen molar-refractivity contribution in [2.45, 2.75) is 51.5 Å². The van der Waals surface area contributed by atoms with E-state index < -0.39 is 0 Å². The number of carbonyl (C=O) groups is 1. The van der Waals surface area contributed by atoms with Crippen LogP contribution in [0.5, 0.6) is 0 Å². The van der Waals surface area contributed by atoms with Gasteiger partial charge in [0.2, 0.25) is 5.91 Å². The van der Waals surface area contributed by atoms with Gasteiger partial charge in [0.25, 0.3) is 0 Å². The van der Waals surface area contributed by atoms with E-state index in [1.165, 1.54) is 32.1 Å². The first-order chi connectivity index (χ1) is 8.25. The van der Waals surface area contributed by atoms with Crippen molar-refractivity contribution >= 4 is 5.91 Å². The molecular formula is C14H24N2O. The van der Waals surface area contributed by atoms with E-state index in [1.54, 1.807) is 0 Å². The van der Waals surface area contributed by atoms with Crippen LogP contribution < -0.4 is 10.6 Å². The summed E-state index contributed by atoms with van der Waals surface area (Å²) in [5.41, 5.74) is 0.393. The van der Waals surface area contributed by atoms with E-state index in [0.717, 1.165) is 25.4 Å². The van der Waals surface area contributed by atoms with Crippen LogP contribution in [0.15, 0.2) is 0 Å². The molecule has 0 aromatic heterocycles. The van der Waals surface area contributed by atoms with Crippen LogP contribution in [0.25, 0.3) is 0 Å². The molecule has 1 saturated heterocycles. The number of amides is 1. The van der Waals surface area contributed by atoms with E-state index in [9.17, 15) is 4.79 Å². The fourth-order valence-corrected chi connectivity index (χ4v) is 3.59. The summed E-state index contributed by atoms with van der Waals surface area (Å²) in [5.74, 6) is 1.48. The van der Waals surface area contributed by atoms with Crippen LogP contribution >= 0.6 is 0 Å². The highest BCUT2D eigenvalue weighted by atomic mass is 16.2. The van der Waals surface area contributed by atoms with E-state index in [0.29, 0.717) is 23.3 Å². The van der Waals surface area contributed by atoms with Gasteiger partial charge in [-0.25, -0.2) is 0 Å². The van der Waals surface area contributed by atoms with E-state index >= 15 is 0 Å². The summed E-state index contributed by atoms with van der Waals surface area (Å²) in [7, 11) is 0. The number of hydrogen-bond donors (Lipinski definition) is 2. The summed E-state index contributed by atoms with van der Waals surface area (Å²) >= 11 is 0. The van der Waals surface area contributed by atoms with Crippen LogP contribution in [0.4, 0.5) is 0 Å². The fraction of sp³-hybridized carbons (Fsp3) is 0.929. The van der Waals surface area contributed by atoms with E-state index in [-0.39, 0.29) is 0 Å². The Bertz CT molecular complexity index is 309. The zero-order valence-electron chi connectivity index (χ0n) is 10.8. The Morgan fingerprint density at radius 3 is 2.88 bits per heavy atom. The van der Waals surface area contributed by atoms with E-state index in [4.69, 9.17) is 0 Å². The second-order valence-electron chi connectivity index (χ2n) is 6.27. The highest BCUT2D eigenvalue weighted by Gasteiger charge is 2.58. The molecular weight excluding hydrogens is 212 g/mol. The van der Waals surface area contributed by atoms with Gasteiger partial charge in [0.05, 0.1) is 0 Å². The molecule has 3 unspecified atom stereocenters. The molecule has 17 heavy (non-hydrogen) atoms. The average Bonchev–Trinajstić information content (AvgIpc) is 3.20. The number of rotatable bonds is 4. The van der Waals surface area contributed by atoms with Crippen molar-refractivity contribution in [1.82, 2.24) is 10.6 Å².